The van der Waals surface area contributed by atoms with Gasteiger partial charge in [0, 0.05) is 35.4 Å². The second-order valence-electron chi connectivity index (χ2n) is 9.66. The predicted molar refractivity (Wildman–Crippen MR) is 131 cm³/mol. The van der Waals surface area contributed by atoms with Crippen molar-refractivity contribution in [2.45, 2.75) is 64.1 Å². The summed E-state index contributed by atoms with van der Waals surface area (Å²) in [4.78, 5) is 11.7. The second-order valence-corrected chi connectivity index (χ2v) is 10.1. The summed E-state index contributed by atoms with van der Waals surface area (Å²) >= 11 is 6.49. The molecule has 2 fully saturated rings. The van der Waals surface area contributed by atoms with Gasteiger partial charge in [0.25, 0.3) is 0 Å². The van der Waals surface area contributed by atoms with Crippen LogP contribution >= 0.6 is 11.6 Å². The smallest absolute Gasteiger partial charge is 0.229 e. The number of nitrogens with one attached hydrogen (secondary N) is 2. The molecule has 180 valence electrons. The molecule has 0 bridgehead atoms. The fraction of sp³-hybridized carbons (Fsp3) is 0.522. The van der Waals surface area contributed by atoms with E-state index < -0.39 is 0 Å². The van der Waals surface area contributed by atoms with Gasteiger partial charge < -0.3 is 15.4 Å². The fourth-order valence-corrected chi connectivity index (χ4v) is 5.48. The van der Waals surface area contributed by atoms with Gasteiger partial charge in [-0.2, -0.15) is 9.67 Å². The Morgan fingerprint density at radius 3 is 2.85 bits per heavy atom. The zero-order chi connectivity index (χ0) is 23.9. The number of anilines is 3. The van der Waals surface area contributed by atoms with E-state index >= 15 is 0 Å². The van der Waals surface area contributed by atoms with Gasteiger partial charge in [-0.1, -0.05) is 11.6 Å². The van der Waals surface area contributed by atoms with Crippen molar-refractivity contribution >= 4 is 29.1 Å². The Bertz CT molecular complexity index is 1180. The third kappa shape index (κ3) is 4.52. The molecule has 5 rings (SSSR count). The first-order valence-corrected chi connectivity index (χ1v) is 12.0. The van der Waals surface area contributed by atoms with Crippen LogP contribution in [0.3, 0.4) is 0 Å². The third-order valence-corrected chi connectivity index (χ3v) is 7.07. The normalized spacial score (nSPS) is 21.8. The van der Waals surface area contributed by atoms with E-state index in [0.717, 1.165) is 24.2 Å². The van der Waals surface area contributed by atoms with Gasteiger partial charge >= 0.3 is 0 Å². The van der Waals surface area contributed by atoms with Crippen LogP contribution in [0.1, 0.15) is 45.4 Å². The fourth-order valence-electron chi connectivity index (χ4n) is 5.34. The predicted octanol–water partition coefficient (Wildman–Crippen LogP) is 3.98. The number of halogens is 1. The summed E-state index contributed by atoms with van der Waals surface area (Å²) in [6.45, 7) is 7.70. The number of ether oxygens (including phenoxy) is 1. The van der Waals surface area contributed by atoms with E-state index in [1.54, 1.807) is 18.0 Å². The monoisotopic (exact) mass is 483 g/mol. The van der Waals surface area contributed by atoms with Crippen LogP contribution in [0.5, 0.6) is 5.75 Å². The number of fused-ring (bicyclic) bond motifs is 1. The van der Waals surface area contributed by atoms with Crippen molar-refractivity contribution in [2.24, 2.45) is 0 Å². The number of benzene rings is 1. The van der Waals surface area contributed by atoms with E-state index in [0.29, 0.717) is 40.4 Å². The zero-order valence-electron chi connectivity index (χ0n) is 19.9. The summed E-state index contributed by atoms with van der Waals surface area (Å²) in [6.07, 6.45) is 6.29. The molecule has 0 radical (unpaired) electrons. The highest BCUT2D eigenvalue weighted by Gasteiger charge is 2.43. The minimum atomic E-state index is 0.156. The van der Waals surface area contributed by atoms with Crippen molar-refractivity contribution in [1.29, 1.82) is 0 Å². The Morgan fingerprint density at radius 1 is 1.24 bits per heavy atom. The summed E-state index contributed by atoms with van der Waals surface area (Å²) in [5.41, 5.74) is 1.67. The van der Waals surface area contributed by atoms with Gasteiger partial charge in [-0.05, 0) is 69.5 Å². The van der Waals surface area contributed by atoms with Crippen LogP contribution in [0.2, 0.25) is 5.02 Å². The molecule has 2 aromatic heterocycles. The first-order chi connectivity index (χ1) is 16.3. The topological polar surface area (TPSA) is 106 Å². The van der Waals surface area contributed by atoms with Crippen molar-refractivity contribution in [3.05, 3.63) is 35.2 Å². The third-order valence-electron chi connectivity index (χ3n) is 6.80. The molecule has 0 aliphatic carbocycles. The lowest BCUT2D eigenvalue weighted by Crippen LogP contribution is -2.55. The highest BCUT2D eigenvalue weighted by atomic mass is 35.5. The summed E-state index contributed by atoms with van der Waals surface area (Å²) in [5, 5.41) is 19.1. The second kappa shape index (κ2) is 8.99. The first-order valence-electron chi connectivity index (χ1n) is 11.6. The van der Waals surface area contributed by atoms with Gasteiger partial charge in [-0.15, -0.1) is 5.10 Å². The largest absolute Gasteiger partial charge is 0.497 e. The van der Waals surface area contributed by atoms with E-state index in [4.69, 9.17) is 21.3 Å². The standard InChI is InChI=1S/C23H30ClN9O/c1-14-29-30-31-33(14)18-8-15(10-19(11-18)34-4)27-22-25-13-20(24)21(28-22)26-16-9-17-6-5-7-32(17)23(2,3)12-16/h8,10-11,13,16-17H,5-7,9,12H2,1-4H3,(H2,25,26,27,28)/t16-,17+/m1/s1. The van der Waals surface area contributed by atoms with E-state index in [9.17, 15) is 0 Å². The van der Waals surface area contributed by atoms with E-state index in [1.807, 2.05) is 25.1 Å². The van der Waals surface area contributed by atoms with Gasteiger partial charge in [-0.25, -0.2) is 4.98 Å². The average Bonchev–Trinajstić information content (AvgIpc) is 3.45. The highest BCUT2D eigenvalue weighted by Crippen LogP contribution is 2.39. The van der Waals surface area contributed by atoms with Crippen molar-refractivity contribution in [2.75, 3.05) is 24.3 Å². The molecule has 0 saturated carbocycles. The van der Waals surface area contributed by atoms with Gasteiger partial charge in [0.2, 0.25) is 5.95 Å². The quantitative estimate of drug-likeness (QED) is 0.538. The Morgan fingerprint density at radius 2 is 2.09 bits per heavy atom. The number of piperidine rings is 1. The minimum Gasteiger partial charge on any atom is -0.497 e. The van der Waals surface area contributed by atoms with E-state index in [-0.39, 0.29) is 5.54 Å². The molecule has 4 heterocycles. The van der Waals surface area contributed by atoms with Crippen molar-refractivity contribution in [3.63, 3.8) is 0 Å². The number of aryl methyl sites for hydroxylation is 1. The maximum absolute atomic E-state index is 6.49. The van der Waals surface area contributed by atoms with Crippen molar-refractivity contribution < 1.29 is 4.74 Å². The lowest BCUT2D eigenvalue weighted by atomic mass is 9.84. The van der Waals surface area contributed by atoms with Crippen LogP contribution < -0.4 is 15.4 Å². The lowest BCUT2D eigenvalue weighted by Gasteiger charge is -2.47. The summed E-state index contributed by atoms with van der Waals surface area (Å²) in [6, 6.07) is 6.56. The zero-order valence-corrected chi connectivity index (χ0v) is 20.7. The summed E-state index contributed by atoms with van der Waals surface area (Å²) < 4.78 is 7.11. The number of rotatable bonds is 6. The molecule has 11 heteroatoms. The van der Waals surface area contributed by atoms with Crippen LogP contribution in [-0.4, -0.2) is 66.4 Å². The maximum atomic E-state index is 6.49. The first kappa shape index (κ1) is 22.8. The number of aromatic nitrogens is 6. The molecule has 2 aliphatic heterocycles. The number of hydrogen-bond donors (Lipinski definition) is 2. The number of hydrogen-bond acceptors (Lipinski definition) is 9. The molecule has 2 atom stereocenters. The molecular weight excluding hydrogens is 454 g/mol. The van der Waals surface area contributed by atoms with Gasteiger partial charge in [0.15, 0.2) is 11.6 Å². The maximum Gasteiger partial charge on any atom is 0.229 e. The van der Waals surface area contributed by atoms with Gasteiger partial charge in [0.05, 0.1) is 19.0 Å². The van der Waals surface area contributed by atoms with Crippen LogP contribution in [0.4, 0.5) is 17.5 Å². The lowest BCUT2D eigenvalue weighted by molar-refractivity contribution is 0.0501. The molecule has 34 heavy (non-hydrogen) atoms. The number of tetrazole rings is 1. The number of methoxy groups -OCH3 is 1. The molecule has 2 aliphatic rings. The summed E-state index contributed by atoms with van der Waals surface area (Å²) in [7, 11) is 1.62. The molecule has 2 saturated heterocycles. The molecule has 0 spiro atoms. The van der Waals surface area contributed by atoms with E-state index in [2.05, 4.69) is 49.9 Å². The van der Waals surface area contributed by atoms with E-state index in [1.165, 1.54) is 19.4 Å². The van der Waals surface area contributed by atoms with Crippen molar-refractivity contribution in [3.8, 4) is 11.4 Å². The molecule has 0 amide bonds. The molecule has 10 nitrogen and oxygen atoms in total. The molecular formula is C23H30ClN9O. The van der Waals surface area contributed by atoms with Crippen LogP contribution in [-0.2, 0) is 0 Å². The Kier molecular flexibility index (Phi) is 6.03. The van der Waals surface area contributed by atoms with Crippen molar-refractivity contribution in [1.82, 2.24) is 35.1 Å². The molecule has 0 unspecified atom stereocenters. The van der Waals surface area contributed by atoms with Crippen LogP contribution in [0.25, 0.3) is 5.69 Å². The Balaban J connectivity index is 1.37. The van der Waals surface area contributed by atoms with Crippen LogP contribution in [0.15, 0.2) is 24.4 Å². The molecule has 2 N–H and O–H groups in total. The van der Waals surface area contributed by atoms with Crippen LogP contribution in [0, 0.1) is 6.92 Å². The number of nitrogens with zero attached hydrogens (tertiary/aromatic N) is 7. The summed E-state index contributed by atoms with van der Waals surface area (Å²) in [5.74, 6) is 2.42. The Hall–Kier alpha value is -2.98. The SMILES string of the molecule is COc1cc(Nc2ncc(Cl)c(N[C@@H]3C[C@@H]4CCCN4C(C)(C)C3)n2)cc(-n2nnnc2C)c1. The Labute approximate surface area is 204 Å². The highest BCUT2D eigenvalue weighted by molar-refractivity contribution is 6.32. The molecule has 1 aromatic carbocycles. The molecule has 3 aromatic rings. The van der Waals surface area contributed by atoms with Gasteiger partial charge in [-0.3, -0.25) is 4.90 Å². The van der Waals surface area contributed by atoms with Gasteiger partial charge in [0.1, 0.15) is 10.8 Å². The average molecular weight is 484 g/mol. The minimum absolute atomic E-state index is 0.156.